The molecule has 2 rings (SSSR count). The fourth-order valence-corrected chi connectivity index (χ4v) is 2.09. The van der Waals surface area contributed by atoms with Crippen molar-refractivity contribution in [2.45, 2.75) is 19.7 Å². The minimum atomic E-state index is -0.428. The standard InChI is InChI=1S/C12H12ClN3O2/c1-8-5-9(2)15(14-8)11-3-4-12(16(17)18)10(6-11)7-13/h3-6H,7H2,1-2H3. The third kappa shape index (κ3) is 2.22. The molecule has 0 bridgehead atoms. The van der Waals surface area contributed by atoms with Crippen LogP contribution >= 0.6 is 11.6 Å². The topological polar surface area (TPSA) is 61.0 Å². The van der Waals surface area contributed by atoms with E-state index in [1.165, 1.54) is 6.07 Å². The first-order valence-corrected chi connectivity index (χ1v) is 5.93. The fourth-order valence-electron chi connectivity index (χ4n) is 1.88. The Kier molecular flexibility index (Phi) is 3.34. The van der Waals surface area contributed by atoms with Crippen LogP contribution in [0.5, 0.6) is 0 Å². The number of hydrogen-bond acceptors (Lipinski definition) is 3. The Morgan fingerprint density at radius 3 is 2.61 bits per heavy atom. The van der Waals surface area contributed by atoms with Gasteiger partial charge in [-0.15, -0.1) is 11.6 Å². The van der Waals surface area contributed by atoms with Crippen LogP contribution in [0.1, 0.15) is 17.0 Å². The highest BCUT2D eigenvalue weighted by atomic mass is 35.5. The molecule has 1 heterocycles. The van der Waals surface area contributed by atoms with Crippen molar-refractivity contribution in [3.63, 3.8) is 0 Å². The quantitative estimate of drug-likeness (QED) is 0.487. The summed E-state index contributed by atoms with van der Waals surface area (Å²) in [5.41, 5.74) is 3.18. The van der Waals surface area contributed by atoms with Gasteiger partial charge in [-0.2, -0.15) is 5.10 Å². The Morgan fingerprint density at radius 1 is 1.39 bits per heavy atom. The second-order valence-electron chi connectivity index (χ2n) is 4.04. The molecule has 0 fully saturated rings. The van der Waals surface area contributed by atoms with Crippen molar-refractivity contribution in [3.05, 3.63) is 51.3 Å². The maximum atomic E-state index is 10.8. The van der Waals surface area contributed by atoms with Gasteiger partial charge in [0.15, 0.2) is 0 Å². The molecule has 0 radical (unpaired) electrons. The zero-order valence-electron chi connectivity index (χ0n) is 10.1. The molecule has 0 N–H and O–H groups in total. The number of aryl methyl sites for hydroxylation is 2. The molecule has 0 aliphatic heterocycles. The van der Waals surface area contributed by atoms with Gasteiger partial charge in [-0.05, 0) is 32.0 Å². The molecule has 6 heteroatoms. The Hall–Kier alpha value is -1.88. The number of aromatic nitrogens is 2. The first-order valence-electron chi connectivity index (χ1n) is 5.40. The number of alkyl halides is 1. The Morgan fingerprint density at radius 2 is 2.11 bits per heavy atom. The maximum absolute atomic E-state index is 10.8. The molecule has 2 aromatic rings. The van der Waals surface area contributed by atoms with Crippen molar-refractivity contribution in [3.8, 4) is 5.69 Å². The van der Waals surface area contributed by atoms with E-state index in [0.717, 1.165) is 17.1 Å². The molecule has 5 nitrogen and oxygen atoms in total. The van der Waals surface area contributed by atoms with Gasteiger partial charge in [0.2, 0.25) is 0 Å². The van der Waals surface area contributed by atoms with Gasteiger partial charge in [-0.25, -0.2) is 4.68 Å². The van der Waals surface area contributed by atoms with Gasteiger partial charge in [-0.3, -0.25) is 10.1 Å². The highest BCUT2D eigenvalue weighted by Crippen LogP contribution is 2.24. The van der Waals surface area contributed by atoms with E-state index in [2.05, 4.69) is 5.10 Å². The lowest BCUT2D eigenvalue weighted by molar-refractivity contribution is -0.385. The number of nitro benzene ring substituents is 1. The molecular weight excluding hydrogens is 254 g/mol. The van der Waals surface area contributed by atoms with Gasteiger partial charge in [0.05, 0.1) is 22.2 Å². The Labute approximate surface area is 109 Å². The number of rotatable bonds is 3. The average molecular weight is 266 g/mol. The molecule has 94 valence electrons. The zero-order valence-corrected chi connectivity index (χ0v) is 10.8. The second-order valence-corrected chi connectivity index (χ2v) is 4.31. The third-order valence-corrected chi connectivity index (χ3v) is 2.95. The SMILES string of the molecule is Cc1cc(C)n(-c2ccc([N+](=O)[O-])c(CCl)c2)n1. The molecule has 1 aromatic heterocycles. The number of nitrogens with zero attached hydrogens (tertiary/aromatic N) is 3. The Balaban J connectivity index is 2.54. The van der Waals surface area contributed by atoms with Crippen LogP contribution in [0.25, 0.3) is 5.69 Å². The van der Waals surface area contributed by atoms with Crippen LogP contribution < -0.4 is 0 Å². The number of hydrogen-bond donors (Lipinski definition) is 0. The van der Waals surface area contributed by atoms with Crippen LogP contribution in [0.2, 0.25) is 0 Å². The molecule has 0 saturated heterocycles. The lowest BCUT2D eigenvalue weighted by atomic mass is 10.2. The maximum Gasteiger partial charge on any atom is 0.273 e. The number of halogens is 1. The molecule has 0 spiro atoms. The van der Waals surface area contributed by atoms with Crippen LogP contribution in [0.15, 0.2) is 24.3 Å². The highest BCUT2D eigenvalue weighted by molar-refractivity contribution is 6.17. The summed E-state index contributed by atoms with van der Waals surface area (Å²) in [7, 11) is 0. The van der Waals surface area contributed by atoms with Gasteiger partial charge >= 0.3 is 0 Å². The molecule has 18 heavy (non-hydrogen) atoms. The van der Waals surface area contributed by atoms with E-state index in [0.29, 0.717) is 5.56 Å². The van der Waals surface area contributed by atoms with Crippen molar-refractivity contribution in [2.75, 3.05) is 0 Å². The van der Waals surface area contributed by atoms with Crippen LogP contribution in [0, 0.1) is 24.0 Å². The smallest absolute Gasteiger partial charge is 0.258 e. The van der Waals surface area contributed by atoms with Crippen LogP contribution in [0.4, 0.5) is 5.69 Å². The number of nitro groups is 1. The molecule has 0 amide bonds. The summed E-state index contributed by atoms with van der Waals surface area (Å²) in [5.74, 6) is 0.101. The van der Waals surface area contributed by atoms with Gasteiger partial charge in [-0.1, -0.05) is 0 Å². The van der Waals surface area contributed by atoms with E-state index in [1.807, 2.05) is 19.9 Å². The summed E-state index contributed by atoms with van der Waals surface area (Å²) in [6, 6.07) is 6.78. The first kappa shape index (κ1) is 12.6. The van der Waals surface area contributed by atoms with E-state index in [9.17, 15) is 10.1 Å². The van der Waals surface area contributed by atoms with E-state index < -0.39 is 4.92 Å². The lowest BCUT2D eigenvalue weighted by Gasteiger charge is -2.06. The van der Waals surface area contributed by atoms with Crippen molar-refractivity contribution < 1.29 is 4.92 Å². The monoisotopic (exact) mass is 265 g/mol. The average Bonchev–Trinajstić information content (AvgIpc) is 2.67. The van der Waals surface area contributed by atoms with Crippen LogP contribution in [0.3, 0.4) is 0 Å². The van der Waals surface area contributed by atoms with Gasteiger partial charge < -0.3 is 0 Å². The normalized spacial score (nSPS) is 10.6. The summed E-state index contributed by atoms with van der Waals surface area (Å²) in [6.45, 7) is 3.83. The molecule has 0 saturated carbocycles. The second kappa shape index (κ2) is 4.78. The largest absolute Gasteiger partial charge is 0.273 e. The lowest BCUT2D eigenvalue weighted by Crippen LogP contribution is -2.01. The third-order valence-electron chi connectivity index (χ3n) is 2.66. The highest BCUT2D eigenvalue weighted by Gasteiger charge is 2.14. The molecule has 0 unspecified atom stereocenters. The van der Waals surface area contributed by atoms with E-state index in [4.69, 9.17) is 11.6 Å². The van der Waals surface area contributed by atoms with E-state index in [-0.39, 0.29) is 11.6 Å². The first-order chi connectivity index (χ1) is 8.52. The van der Waals surface area contributed by atoms with Crippen molar-refractivity contribution in [1.29, 1.82) is 0 Å². The summed E-state index contributed by atoms with van der Waals surface area (Å²) in [4.78, 5) is 10.4. The summed E-state index contributed by atoms with van der Waals surface area (Å²) >= 11 is 5.75. The van der Waals surface area contributed by atoms with Crippen LogP contribution in [-0.2, 0) is 5.88 Å². The van der Waals surface area contributed by atoms with E-state index >= 15 is 0 Å². The molecule has 1 aromatic carbocycles. The summed E-state index contributed by atoms with van der Waals surface area (Å²) < 4.78 is 1.75. The van der Waals surface area contributed by atoms with Crippen molar-refractivity contribution in [2.24, 2.45) is 0 Å². The van der Waals surface area contributed by atoms with Gasteiger partial charge in [0, 0.05) is 17.3 Å². The molecule has 0 atom stereocenters. The minimum Gasteiger partial charge on any atom is -0.258 e. The summed E-state index contributed by atoms with van der Waals surface area (Å²) in [6.07, 6.45) is 0. The fraction of sp³-hybridized carbons (Fsp3) is 0.250. The Bertz CT molecular complexity index is 607. The van der Waals surface area contributed by atoms with Gasteiger partial charge in [0.25, 0.3) is 5.69 Å². The van der Waals surface area contributed by atoms with E-state index in [1.54, 1.807) is 16.8 Å². The zero-order chi connectivity index (χ0) is 13.3. The molecule has 0 aliphatic rings. The van der Waals surface area contributed by atoms with Crippen molar-refractivity contribution >= 4 is 17.3 Å². The predicted molar refractivity (Wildman–Crippen MR) is 69.2 cm³/mol. The molecule has 0 aliphatic carbocycles. The summed E-state index contributed by atoms with van der Waals surface area (Å²) in [5, 5.41) is 15.2. The predicted octanol–water partition coefficient (Wildman–Crippen LogP) is 3.14. The van der Waals surface area contributed by atoms with Gasteiger partial charge in [0.1, 0.15) is 0 Å². The molecular formula is C12H12ClN3O2. The number of benzene rings is 1. The minimum absolute atomic E-state index is 0.0373. The van der Waals surface area contributed by atoms with Crippen LogP contribution in [-0.4, -0.2) is 14.7 Å². The van der Waals surface area contributed by atoms with Crippen molar-refractivity contribution in [1.82, 2.24) is 9.78 Å².